The minimum absolute atomic E-state index is 0.145. The van der Waals surface area contributed by atoms with Gasteiger partial charge in [0, 0.05) is 18.7 Å². The second-order valence-corrected chi connectivity index (χ2v) is 5.98. The number of carbonyl (C=O) groups is 2. The van der Waals surface area contributed by atoms with Crippen molar-refractivity contribution in [2.24, 2.45) is 5.73 Å². The Bertz CT molecular complexity index is 986. The molecule has 7 nitrogen and oxygen atoms in total. The third-order valence-electron chi connectivity index (χ3n) is 3.98. The Balaban J connectivity index is 1.53. The summed E-state index contributed by atoms with van der Waals surface area (Å²) in [6.45, 7) is 0.404. The van der Waals surface area contributed by atoms with Gasteiger partial charge in [-0.15, -0.1) is 0 Å². The number of primary amides is 1. The first kappa shape index (κ1) is 17.5. The van der Waals surface area contributed by atoms with Crippen molar-refractivity contribution in [2.45, 2.75) is 25.8 Å². The molecule has 2 aromatic carbocycles. The summed E-state index contributed by atoms with van der Waals surface area (Å²) in [6, 6.07) is 14.1. The number of nitrogens with one attached hydrogen (secondary N) is 1. The highest BCUT2D eigenvalue weighted by atomic mass is 16.4. The molecule has 0 saturated heterocycles. The van der Waals surface area contributed by atoms with Crippen molar-refractivity contribution >= 4 is 28.6 Å². The Labute approximate surface area is 149 Å². The van der Waals surface area contributed by atoms with E-state index in [1.165, 1.54) is 4.57 Å². The molecular formula is C19H19N3O4. The maximum absolute atomic E-state index is 12.1. The summed E-state index contributed by atoms with van der Waals surface area (Å²) < 4.78 is 6.69. The fourth-order valence-electron chi connectivity index (χ4n) is 2.75. The van der Waals surface area contributed by atoms with Crippen LogP contribution in [0.15, 0.2) is 57.7 Å². The maximum Gasteiger partial charge on any atom is 0.419 e. The average Bonchev–Trinajstić information content (AvgIpc) is 2.92. The van der Waals surface area contributed by atoms with Gasteiger partial charge in [-0.25, -0.2) is 4.79 Å². The van der Waals surface area contributed by atoms with Crippen molar-refractivity contribution in [3.05, 3.63) is 64.6 Å². The smallest absolute Gasteiger partial charge is 0.408 e. The topological polar surface area (TPSA) is 107 Å². The number of fused-ring (bicyclic) bond motifs is 1. The van der Waals surface area contributed by atoms with Crippen LogP contribution >= 0.6 is 0 Å². The van der Waals surface area contributed by atoms with E-state index in [1.807, 2.05) is 12.1 Å². The summed E-state index contributed by atoms with van der Waals surface area (Å²) >= 11 is 0. The van der Waals surface area contributed by atoms with Crippen LogP contribution in [0.2, 0.25) is 0 Å². The summed E-state index contributed by atoms with van der Waals surface area (Å²) in [5.41, 5.74) is 7.85. The van der Waals surface area contributed by atoms with E-state index in [4.69, 9.17) is 10.2 Å². The van der Waals surface area contributed by atoms with Crippen LogP contribution in [0, 0.1) is 0 Å². The fourth-order valence-corrected chi connectivity index (χ4v) is 2.75. The SMILES string of the molecule is NC(=O)Cc1ccc(NC(=O)CCCn2c(=O)oc3ccccc32)cc1. The van der Waals surface area contributed by atoms with Gasteiger partial charge in [0.2, 0.25) is 11.8 Å². The van der Waals surface area contributed by atoms with Gasteiger partial charge in [0.1, 0.15) is 0 Å². The van der Waals surface area contributed by atoms with Crippen LogP contribution in [0.4, 0.5) is 5.69 Å². The van der Waals surface area contributed by atoms with Crippen LogP contribution in [0.1, 0.15) is 18.4 Å². The molecule has 3 N–H and O–H groups in total. The molecular weight excluding hydrogens is 334 g/mol. The first-order valence-corrected chi connectivity index (χ1v) is 8.28. The van der Waals surface area contributed by atoms with Crippen molar-refractivity contribution in [3.63, 3.8) is 0 Å². The molecule has 7 heteroatoms. The van der Waals surface area contributed by atoms with E-state index in [0.29, 0.717) is 24.2 Å². The number of nitrogens with two attached hydrogens (primary N) is 1. The normalized spacial score (nSPS) is 10.8. The fraction of sp³-hybridized carbons (Fsp3) is 0.211. The van der Waals surface area contributed by atoms with Crippen LogP contribution in [0.5, 0.6) is 0 Å². The number of anilines is 1. The molecule has 134 valence electrons. The van der Waals surface area contributed by atoms with Gasteiger partial charge in [-0.05, 0) is 36.2 Å². The summed E-state index contributed by atoms with van der Waals surface area (Å²) in [6.07, 6.45) is 0.950. The van der Waals surface area contributed by atoms with Crippen LogP contribution in [0.25, 0.3) is 11.1 Å². The van der Waals surface area contributed by atoms with Crippen molar-refractivity contribution in [1.82, 2.24) is 4.57 Å². The number of nitrogens with zero attached hydrogens (tertiary/aromatic N) is 1. The molecule has 2 amide bonds. The largest absolute Gasteiger partial charge is 0.419 e. The van der Waals surface area contributed by atoms with E-state index in [1.54, 1.807) is 36.4 Å². The Morgan fingerprint density at radius 1 is 1.08 bits per heavy atom. The lowest BCUT2D eigenvalue weighted by molar-refractivity contribution is -0.117. The Hall–Kier alpha value is -3.35. The third-order valence-corrected chi connectivity index (χ3v) is 3.98. The number of oxazole rings is 1. The first-order chi connectivity index (χ1) is 12.5. The monoisotopic (exact) mass is 353 g/mol. The Kier molecular flexibility index (Phi) is 5.17. The third kappa shape index (κ3) is 4.18. The number of rotatable bonds is 7. The lowest BCUT2D eigenvalue weighted by Crippen LogP contribution is -2.17. The molecule has 3 aromatic rings. The predicted molar refractivity (Wildman–Crippen MR) is 97.7 cm³/mol. The molecule has 0 aliphatic carbocycles. The maximum atomic E-state index is 12.1. The molecule has 0 atom stereocenters. The summed E-state index contributed by atoms with van der Waals surface area (Å²) in [4.78, 5) is 34.8. The molecule has 1 heterocycles. The summed E-state index contributed by atoms with van der Waals surface area (Å²) in [7, 11) is 0. The highest BCUT2D eigenvalue weighted by Crippen LogP contribution is 2.13. The molecule has 1 aromatic heterocycles. The number of aryl methyl sites for hydroxylation is 1. The lowest BCUT2D eigenvalue weighted by Gasteiger charge is -2.06. The second kappa shape index (κ2) is 7.69. The van der Waals surface area contributed by atoms with Crippen molar-refractivity contribution in [2.75, 3.05) is 5.32 Å². The van der Waals surface area contributed by atoms with Gasteiger partial charge in [-0.3, -0.25) is 14.2 Å². The highest BCUT2D eigenvalue weighted by molar-refractivity contribution is 5.90. The molecule has 0 spiro atoms. The van der Waals surface area contributed by atoms with E-state index >= 15 is 0 Å². The van der Waals surface area contributed by atoms with E-state index in [2.05, 4.69) is 5.32 Å². The van der Waals surface area contributed by atoms with Crippen molar-refractivity contribution in [1.29, 1.82) is 0 Å². The number of hydrogen-bond acceptors (Lipinski definition) is 4. The molecule has 0 fully saturated rings. The molecule has 0 radical (unpaired) electrons. The van der Waals surface area contributed by atoms with Gasteiger partial charge in [-0.1, -0.05) is 24.3 Å². The number of carbonyl (C=O) groups excluding carboxylic acids is 2. The van der Waals surface area contributed by atoms with E-state index in [0.717, 1.165) is 11.1 Å². The Morgan fingerprint density at radius 2 is 1.81 bits per heavy atom. The summed E-state index contributed by atoms with van der Waals surface area (Å²) in [5, 5.41) is 2.79. The number of aromatic nitrogens is 1. The van der Waals surface area contributed by atoms with Gasteiger partial charge < -0.3 is 15.5 Å². The second-order valence-electron chi connectivity index (χ2n) is 5.98. The average molecular weight is 353 g/mol. The number of para-hydroxylation sites is 2. The summed E-state index contributed by atoms with van der Waals surface area (Å²) in [5.74, 6) is -0.964. The van der Waals surface area contributed by atoms with E-state index in [-0.39, 0.29) is 18.7 Å². The highest BCUT2D eigenvalue weighted by Gasteiger charge is 2.09. The number of amides is 2. The van der Waals surface area contributed by atoms with Gasteiger partial charge in [-0.2, -0.15) is 0 Å². The number of hydrogen-bond donors (Lipinski definition) is 2. The molecule has 26 heavy (non-hydrogen) atoms. The lowest BCUT2D eigenvalue weighted by atomic mass is 10.1. The van der Waals surface area contributed by atoms with Crippen LogP contribution in [0.3, 0.4) is 0 Å². The standard InChI is InChI=1S/C19H19N3O4/c20-17(23)12-13-7-9-14(10-8-13)21-18(24)6-3-11-22-15-4-1-2-5-16(15)26-19(22)25/h1-2,4-5,7-10H,3,6,11-12H2,(H2,20,23)(H,21,24). The minimum Gasteiger partial charge on any atom is -0.408 e. The quantitative estimate of drug-likeness (QED) is 0.677. The number of benzene rings is 2. The van der Waals surface area contributed by atoms with Gasteiger partial charge >= 0.3 is 5.76 Å². The van der Waals surface area contributed by atoms with Gasteiger partial charge in [0.25, 0.3) is 0 Å². The molecule has 0 aliphatic heterocycles. The zero-order valence-corrected chi connectivity index (χ0v) is 14.1. The minimum atomic E-state index is -0.420. The zero-order chi connectivity index (χ0) is 18.5. The van der Waals surface area contributed by atoms with E-state index in [9.17, 15) is 14.4 Å². The van der Waals surface area contributed by atoms with E-state index < -0.39 is 11.7 Å². The predicted octanol–water partition coefficient (Wildman–Crippen LogP) is 2.04. The molecule has 3 rings (SSSR count). The van der Waals surface area contributed by atoms with Crippen LogP contribution in [-0.4, -0.2) is 16.4 Å². The first-order valence-electron chi connectivity index (χ1n) is 8.28. The van der Waals surface area contributed by atoms with Crippen LogP contribution in [-0.2, 0) is 22.6 Å². The Morgan fingerprint density at radius 3 is 2.54 bits per heavy atom. The van der Waals surface area contributed by atoms with Crippen molar-refractivity contribution in [3.8, 4) is 0 Å². The van der Waals surface area contributed by atoms with Gasteiger partial charge in [0.05, 0.1) is 11.9 Å². The molecule has 0 saturated carbocycles. The molecule has 0 bridgehead atoms. The molecule has 0 aliphatic rings. The molecule has 0 unspecified atom stereocenters. The van der Waals surface area contributed by atoms with Crippen molar-refractivity contribution < 1.29 is 14.0 Å². The van der Waals surface area contributed by atoms with Gasteiger partial charge in [0.15, 0.2) is 5.58 Å². The van der Waals surface area contributed by atoms with Crippen LogP contribution < -0.4 is 16.8 Å². The zero-order valence-electron chi connectivity index (χ0n) is 14.1.